The Morgan fingerprint density at radius 1 is 1.50 bits per heavy atom. The standard InChI is InChI=1S/C5H9NO2/c7-3-1-6-2-4-5(3)8-4/h3-7H,1-2H2. The number of epoxide rings is 1. The summed E-state index contributed by atoms with van der Waals surface area (Å²) >= 11 is 0. The molecule has 3 nitrogen and oxygen atoms in total. The minimum absolute atomic E-state index is 0.163. The first kappa shape index (κ1) is 4.73. The predicted octanol–water partition coefficient (Wildman–Crippen LogP) is -1.28. The second-order valence-corrected chi connectivity index (χ2v) is 2.36. The summed E-state index contributed by atoms with van der Waals surface area (Å²) in [6, 6.07) is 0. The Hall–Kier alpha value is -0.120. The van der Waals surface area contributed by atoms with Crippen LogP contribution in [0, 0.1) is 0 Å². The highest BCUT2D eigenvalue weighted by Gasteiger charge is 2.46. The van der Waals surface area contributed by atoms with Crippen molar-refractivity contribution in [2.24, 2.45) is 0 Å². The molecule has 46 valence electrons. The summed E-state index contributed by atoms with van der Waals surface area (Å²) < 4.78 is 5.08. The van der Waals surface area contributed by atoms with E-state index in [9.17, 15) is 0 Å². The number of β-amino-alcohol motifs (C(OH)–C–C–N with tert-alkyl or cyclic N) is 1. The number of aliphatic hydroxyl groups is 1. The van der Waals surface area contributed by atoms with E-state index in [0.29, 0.717) is 12.6 Å². The lowest BCUT2D eigenvalue weighted by atomic mass is 10.1. The van der Waals surface area contributed by atoms with Crippen molar-refractivity contribution in [2.75, 3.05) is 13.1 Å². The summed E-state index contributed by atoms with van der Waals surface area (Å²) in [6.07, 6.45) is 0.226. The normalized spacial score (nSPS) is 52.9. The molecule has 0 aliphatic carbocycles. The van der Waals surface area contributed by atoms with Gasteiger partial charge in [0.15, 0.2) is 0 Å². The third kappa shape index (κ3) is 0.555. The third-order valence-corrected chi connectivity index (χ3v) is 1.70. The number of ether oxygens (including phenoxy) is 1. The van der Waals surface area contributed by atoms with Gasteiger partial charge in [0, 0.05) is 13.1 Å². The summed E-state index contributed by atoms with van der Waals surface area (Å²) in [5, 5.41) is 12.1. The van der Waals surface area contributed by atoms with Crippen molar-refractivity contribution >= 4 is 0 Å². The molecule has 2 N–H and O–H groups in total. The van der Waals surface area contributed by atoms with Gasteiger partial charge in [-0.1, -0.05) is 0 Å². The molecule has 0 aromatic carbocycles. The number of aliphatic hydroxyl groups excluding tert-OH is 1. The minimum Gasteiger partial charge on any atom is -0.389 e. The molecule has 0 amide bonds. The molecule has 2 saturated heterocycles. The number of nitrogens with one attached hydrogen (secondary N) is 1. The topological polar surface area (TPSA) is 44.8 Å². The molecule has 0 aromatic rings. The summed E-state index contributed by atoms with van der Waals surface area (Å²) in [6.45, 7) is 1.61. The fourth-order valence-electron chi connectivity index (χ4n) is 1.15. The number of hydrogen-bond donors (Lipinski definition) is 2. The fourth-order valence-corrected chi connectivity index (χ4v) is 1.15. The van der Waals surface area contributed by atoms with Crippen molar-refractivity contribution in [3.8, 4) is 0 Å². The molecule has 2 aliphatic rings. The highest BCUT2D eigenvalue weighted by Crippen LogP contribution is 2.26. The van der Waals surface area contributed by atoms with Crippen LogP contribution in [0.25, 0.3) is 0 Å². The van der Waals surface area contributed by atoms with E-state index in [1.165, 1.54) is 0 Å². The molecule has 3 heteroatoms. The minimum atomic E-state index is -0.256. The second kappa shape index (κ2) is 1.43. The van der Waals surface area contributed by atoms with Gasteiger partial charge in [0.05, 0.1) is 12.2 Å². The quantitative estimate of drug-likeness (QED) is 0.386. The van der Waals surface area contributed by atoms with E-state index in [1.807, 2.05) is 0 Å². The maximum atomic E-state index is 9.03. The molecule has 3 unspecified atom stereocenters. The molecule has 0 bridgehead atoms. The van der Waals surface area contributed by atoms with Gasteiger partial charge in [-0.25, -0.2) is 0 Å². The highest BCUT2D eigenvalue weighted by molar-refractivity contribution is 4.96. The van der Waals surface area contributed by atoms with Gasteiger partial charge in [-0.3, -0.25) is 0 Å². The Labute approximate surface area is 47.6 Å². The number of piperidine rings is 1. The maximum Gasteiger partial charge on any atom is 0.113 e. The summed E-state index contributed by atoms with van der Waals surface area (Å²) in [5.41, 5.74) is 0. The number of fused-ring (bicyclic) bond motifs is 1. The van der Waals surface area contributed by atoms with Gasteiger partial charge >= 0.3 is 0 Å². The van der Waals surface area contributed by atoms with E-state index in [1.54, 1.807) is 0 Å². The Balaban J connectivity index is 1.99. The largest absolute Gasteiger partial charge is 0.389 e. The molecule has 0 radical (unpaired) electrons. The lowest BCUT2D eigenvalue weighted by molar-refractivity contribution is 0.134. The molecular weight excluding hydrogens is 106 g/mol. The summed E-state index contributed by atoms with van der Waals surface area (Å²) in [7, 11) is 0. The molecule has 0 aromatic heterocycles. The first-order valence-corrected chi connectivity index (χ1v) is 2.92. The van der Waals surface area contributed by atoms with Crippen LogP contribution in [0.1, 0.15) is 0 Å². The molecule has 0 spiro atoms. The Kier molecular flexibility index (Phi) is 0.848. The Bertz CT molecular complexity index is 107. The van der Waals surface area contributed by atoms with E-state index in [-0.39, 0.29) is 12.2 Å². The van der Waals surface area contributed by atoms with E-state index in [0.717, 1.165) is 6.54 Å². The van der Waals surface area contributed by atoms with Crippen LogP contribution >= 0.6 is 0 Å². The van der Waals surface area contributed by atoms with E-state index < -0.39 is 0 Å². The van der Waals surface area contributed by atoms with E-state index in [2.05, 4.69) is 5.32 Å². The molecular formula is C5H9NO2. The molecule has 2 heterocycles. The van der Waals surface area contributed by atoms with Gasteiger partial charge in [-0.2, -0.15) is 0 Å². The predicted molar refractivity (Wildman–Crippen MR) is 27.5 cm³/mol. The monoisotopic (exact) mass is 115 g/mol. The van der Waals surface area contributed by atoms with E-state index >= 15 is 0 Å². The summed E-state index contributed by atoms with van der Waals surface area (Å²) in [4.78, 5) is 0. The van der Waals surface area contributed by atoms with Crippen molar-refractivity contribution in [3.05, 3.63) is 0 Å². The fraction of sp³-hybridized carbons (Fsp3) is 1.00. The molecule has 2 rings (SSSR count). The van der Waals surface area contributed by atoms with Gasteiger partial charge in [0.2, 0.25) is 0 Å². The average molecular weight is 115 g/mol. The smallest absolute Gasteiger partial charge is 0.113 e. The zero-order chi connectivity index (χ0) is 5.56. The molecule has 3 atom stereocenters. The van der Waals surface area contributed by atoms with Crippen LogP contribution in [0.2, 0.25) is 0 Å². The van der Waals surface area contributed by atoms with Gasteiger partial charge in [0.25, 0.3) is 0 Å². The second-order valence-electron chi connectivity index (χ2n) is 2.36. The third-order valence-electron chi connectivity index (χ3n) is 1.70. The van der Waals surface area contributed by atoms with Crippen LogP contribution in [0.4, 0.5) is 0 Å². The lowest BCUT2D eigenvalue weighted by Gasteiger charge is -2.12. The lowest BCUT2D eigenvalue weighted by Crippen LogP contribution is -2.39. The number of hydrogen-bond acceptors (Lipinski definition) is 3. The van der Waals surface area contributed by atoms with Crippen molar-refractivity contribution in [1.82, 2.24) is 5.32 Å². The first-order chi connectivity index (χ1) is 3.88. The Morgan fingerprint density at radius 3 is 3.00 bits per heavy atom. The van der Waals surface area contributed by atoms with Gasteiger partial charge in [0.1, 0.15) is 6.10 Å². The molecule has 8 heavy (non-hydrogen) atoms. The zero-order valence-corrected chi connectivity index (χ0v) is 4.50. The molecule has 0 saturated carbocycles. The van der Waals surface area contributed by atoms with Crippen LogP contribution in [0.5, 0.6) is 0 Å². The van der Waals surface area contributed by atoms with Crippen molar-refractivity contribution in [3.63, 3.8) is 0 Å². The summed E-state index contributed by atoms with van der Waals surface area (Å²) in [5.74, 6) is 0. The van der Waals surface area contributed by atoms with Crippen LogP contribution in [-0.2, 0) is 4.74 Å². The van der Waals surface area contributed by atoms with Crippen molar-refractivity contribution in [2.45, 2.75) is 18.3 Å². The van der Waals surface area contributed by atoms with Gasteiger partial charge < -0.3 is 15.2 Å². The van der Waals surface area contributed by atoms with Crippen molar-refractivity contribution < 1.29 is 9.84 Å². The van der Waals surface area contributed by atoms with Crippen molar-refractivity contribution in [1.29, 1.82) is 0 Å². The first-order valence-electron chi connectivity index (χ1n) is 2.92. The van der Waals surface area contributed by atoms with Gasteiger partial charge in [-0.05, 0) is 0 Å². The average Bonchev–Trinajstić information content (AvgIpc) is 2.45. The van der Waals surface area contributed by atoms with Crippen LogP contribution in [0.15, 0.2) is 0 Å². The van der Waals surface area contributed by atoms with Gasteiger partial charge in [-0.15, -0.1) is 0 Å². The maximum absolute atomic E-state index is 9.03. The van der Waals surface area contributed by atoms with E-state index in [4.69, 9.17) is 9.84 Å². The van der Waals surface area contributed by atoms with Crippen LogP contribution < -0.4 is 5.32 Å². The molecule has 2 aliphatic heterocycles. The Morgan fingerprint density at radius 2 is 2.38 bits per heavy atom. The zero-order valence-electron chi connectivity index (χ0n) is 4.50. The SMILES string of the molecule is OC1CNCC2OC12. The molecule has 2 fully saturated rings. The highest BCUT2D eigenvalue weighted by atomic mass is 16.6. The number of rotatable bonds is 0. The van der Waals surface area contributed by atoms with Crippen LogP contribution in [-0.4, -0.2) is 36.5 Å². The van der Waals surface area contributed by atoms with Crippen LogP contribution in [0.3, 0.4) is 0 Å².